The molecule has 0 saturated heterocycles. The van der Waals surface area contributed by atoms with Gasteiger partial charge in [-0.2, -0.15) is 0 Å². The molecule has 0 radical (unpaired) electrons. The topological polar surface area (TPSA) is 97.1 Å². The Kier molecular flexibility index (Phi) is 5.09. The van der Waals surface area contributed by atoms with E-state index in [1.807, 2.05) is 36.6 Å². The monoisotopic (exact) mass is 406 g/mol. The number of amides is 1. The first kappa shape index (κ1) is 18.8. The maximum absolute atomic E-state index is 13.0. The summed E-state index contributed by atoms with van der Waals surface area (Å²) in [7, 11) is 0. The number of benzene rings is 1. The van der Waals surface area contributed by atoms with Crippen LogP contribution in [0.25, 0.3) is 21.3 Å². The number of rotatable bonds is 5. The van der Waals surface area contributed by atoms with E-state index < -0.39 is 0 Å². The Balaban J connectivity index is 1.57. The average Bonchev–Trinajstić information content (AvgIpc) is 3.15. The number of hydrogen-bond donors (Lipinski definition) is 2. The number of pyridine rings is 1. The second-order valence-electron chi connectivity index (χ2n) is 6.61. The number of anilines is 1. The van der Waals surface area contributed by atoms with Gasteiger partial charge in [0.2, 0.25) is 5.91 Å². The Hall–Kier alpha value is -3.52. The van der Waals surface area contributed by atoms with Crippen molar-refractivity contribution in [2.75, 3.05) is 5.32 Å². The number of carbonyl (C=O) groups excluding carboxylic acids is 1. The van der Waals surface area contributed by atoms with Crippen molar-refractivity contribution < 1.29 is 9.90 Å². The molecule has 0 aliphatic carbocycles. The van der Waals surface area contributed by atoms with Crippen LogP contribution in [0, 0.1) is 6.92 Å². The molecule has 0 unspecified atom stereocenters. The van der Waals surface area contributed by atoms with Gasteiger partial charge in [0.25, 0.3) is 5.56 Å². The predicted molar refractivity (Wildman–Crippen MR) is 113 cm³/mol. The van der Waals surface area contributed by atoms with Crippen LogP contribution in [0.4, 0.5) is 5.82 Å². The molecule has 146 valence electrons. The van der Waals surface area contributed by atoms with Gasteiger partial charge in [0.05, 0.1) is 11.7 Å². The fourth-order valence-corrected chi connectivity index (χ4v) is 3.89. The summed E-state index contributed by atoms with van der Waals surface area (Å²) < 4.78 is 1.44. The fraction of sp³-hybridized carbons (Fsp3) is 0.143. The molecule has 7 nitrogen and oxygen atoms in total. The lowest BCUT2D eigenvalue weighted by Gasteiger charge is -2.08. The van der Waals surface area contributed by atoms with Crippen molar-refractivity contribution in [3.05, 3.63) is 70.2 Å². The third-order valence-electron chi connectivity index (χ3n) is 4.55. The zero-order chi connectivity index (χ0) is 20.4. The Bertz CT molecular complexity index is 1250. The van der Waals surface area contributed by atoms with Gasteiger partial charge >= 0.3 is 0 Å². The Morgan fingerprint density at radius 1 is 1.21 bits per heavy atom. The van der Waals surface area contributed by atoms with E-state index in [2.05, 4.69) is 15.3 Å². The normalized spacial score (nSPS) is 10.9. The Labute approximate surface area is 170 Å². The Morgan fingerprint density at radius 3 is 2.76 bits per heavy atom. The maximum atomic E-state index is 13.0. The largest absolute Gasteiger partial charge is 0.504 e. The average molecular weight is 406 g/mol. The number of nitrogens with one attached hydrogen (secondary N) is 1. The quantitative estimate of drug-likeness (QED) is 0.528. The smallest absolute Gasteiger partial charge is 0.262 e. The first-order valence-electron chi connectivity index (χ1n) is 9.00. The molecule has 1 aromatic carbocycles. The highest BCUT2D eigenvalue weighted by molar-refractivity contribution is 7.17. The molecule has 0 bridgehead atoms. The summed E-state index contributed by atoms with van der Waals surface area (Å²) in [5, 5.41) is 14.7. The summed E-state index contributed by atoms with van der Waals surface area (Å²) in [6, 6.07) is 11.0. The number of aromatic hydroxyl groups is 1. The van der Waals surface area contributed by atoms with Gasteiger partial charge in [-0.3, -0.25) is 14.2 Å². The van der Waals surface area contributed by atoms with Gasteiger partial charge in [0.1, 0.15) is 4.83 Å². The number of thiophene rings is 1. The molecule has 0 spiro atoms. The van der Waals surface area contributed by atoms with Crippen molar-refractivity contribution in [2.45, 2.75) is 19.9 Å². The number of aromatic nitrogens is 3. The first-order valence-corrected chi connectivity index (χ1v) is 9.88. The highest BCUT2D eigenvalue weighted by Gasteiger charge is 2.14. The van der Waals surface area contributed by atoms with Crippen LogP contribution >= 0.6 is 11.3 Å². The summed E-state index contributed by atoms with van der Waals surface area (Å²) in [5.74, 6) is -0.366. The van der Waals surface area contributed by atoms with Crippen molar-refractivity contribution in [3.8, 4) is 16.9 Å². The van der Waals surface area contributed by atoms with E-state index in [1.54, 1.807) is 6.07 Å². The zero-order valence-electron chi connectivity index (χ0n) is 15.6. The van der Waals surface area contributed by atoms with Gasteiger partial charge in [0, 0.05) is 30.1 Å². The summed E-state index contributed by atoms with van der Waals surface area (Å²) in [4.78, 5) is 34.2. The lowest BCUT2D eigenvalue weighted by atomic mass is 10.1. The van der Waals surface area contributed by atoms with Crippen LogP contribution in [0.5, 0.6) is 5.75 Å². The molecule has 2 N–H and O–H groups in total. The van der Waals surface area contributed by atoms with Crippen LogP contribution in [0.3, 0.4) is 0 Å². The molecule has 4 rings (SSSR count). The van der Waals surface area contributed by atoms with Crippen LogP contribution in [0.15, 0.2) is 59.1 Å². The highest BCUT2D eigenvalue weighted by Crippen LogP contribution is 2.30. The molecule has 0 atom stereocenters. The molecule has 0 fully saturated rings. The molecule has 0 saturated carbocycles. The van der Waals surface area contributed by atoms with Gasteiger partial charge in [0.15, 0.2) is 11.6 Å². The summed E-state index contributed by atoms with van der Waals surface area (Å²) in [6.07, 6.45) is 2.99. The fourth-order valence-electron chi connectivity index (χ4n) is 2.98. The molecule has 3 aromatic heterocycles. The van der Waals surface area contributed by atoms with Crippen LogP contribution in [-0.2, 0) is 11.3 Å². The van der Waals surface area contributed by atoms with Crippen molar-refractivity contribution in [1.29, 1.82) is 0 Å². The van der Waals surface area contributed by atoms with Crippen LogP contribution in [0.2, 0.25) is 0 Å². The molecule has 0 aliphatic heterocycles. The first-order chi connectivity index (χ1) is 14.0. The minimum absolute atomic E-state index is 0.0487. The van der Waals surface area contributed by atoms with E-state index >= 15 is 0 Å². The third kappa shape index (κ3) is 3.88. The molecule has 3 heterocycles. The summed E-state index contributed by atoms with van der Waals surface area (Å²) in [6.45, 7) is 2.18. The predicted octanol–water partition coefficient (Wildman–Crippen LogP) is 3.56. The van der Waals surface area contributed by atoms with Gasteiger partial charge in [-0.25, -0.2) is 9.97 Å². The summed E-state index contributed by atoms with van der Waals surface area (Å²) >= 11 is 1.42. The van der Waals surface area contributed by atoms with Crippen molar-refractivity contribution in [3.63, 3.8) is 0 Å². The molecule has 8 heteroatoms. The second kappa shape index (κ2) is 7.84. The molecule has 4 aromatic rings. The second-order valence-corrected chi connectivity index (χ2v) is 7.47. The van der Waals surface area contributed by atoms with Gasteiger partial charge in [-0.1, -0.05) is 29.8 Å². The van der Waals surface area contributed by atoms with E-state index in [0.717, 1.165) is 16.7 Å². The van der Waals surface area contributed by atoms with Crippen molar-refractivity contribution in [1.82, 2.24) is 14.5 Å². The minimum Gasteiger partial charge on any atom is -0.504 e. The standard InChI is InChI=1S/C21H18N4O3S/c1-13-4-6-14(7-5-13)15-11-29-20-18(15)21(28)25(12-23-20)10-8-17(27)24-19-16(26)3-2-9-22-19/h2-7,9,11-12,26H,8,10H2,1H3,(H,22,24,27). The van der Waals surface area contributed by atoms with Crippen LogP contribution in [0.1, 0.15) is 12.0 Å². The summed E-state index contributed by atoms with van der Waals surface area (Å²) in [5.41, 5.74) is 2.77. The molecular formula is C21H18N4O3S. The lowest BCUT2D eigenvalue weighted by Crippen LogP contribution is -2.23. The number of carbonyl (C=O) groups is 1. The SMILES string of the molecule is Cc1ccc(-c2csc3ncn(CCC(=O)Nc4ncccc4O)c(=O)c23)cc1. The van der Waals surface area contributed by atoms with Crippen LogP contribution < -0.4 is 10.9 Å². The van der Waals surface area contributed by atoms with E-state index in [9.17, 15) is 14.7 Å². The minimum atomic E-state index is -0.352. The number of fused-ring (bicyclic) bond motifs is 1. The zero-order valence-corrected chi connectivity index (χ0v) is 16.4. The number of aryl methyl sites for hydroxylation is 2. The van der Waals surface area contributed by atoms with Gasteiger partial charge in [-0.15, -0.1) is 11.3 Å². The van der Waals surface area contributed by atoms with E-state index in [-0.39, 0.29) is 36.0 Å². The van der Waals surface area contributed by atoms with E-state index in [0.29, 0.717) is 10.2 Å². The van der Waals surface area contributed by atoms with Gasteiger partial charge < -0.3 is 10.4 Å². The van der Waals surface area contributed by atoms with Crippen molar-refractivity contribution in [2.24, 2.45) is 0 Å². The lowest BCUT2D eigenvalue weighted by molar-refractivity contribution is -0.116. The Morgan fingerprint density at radius 2 is 2.00 bits per heavy atom. The molecule has 1 amide bonds. The third-order valence-corrected chi connectivity index (χ3v) is 5.43. The number of nitrogens with zero attached hydrogens (tertiary/aromatic N) is 3. The molecular weight excluding hydrogens is 388 g/mol. The van der Waals surface area contributed by atoms with Gasteiger partial charge in [-0.05, 0) is 24.6 Å². The maximum Gasteiger partial charge on any atom is 0.262 e. The van der Waals surface area contributed by atoms with E-state index in [1.165, 1.54) is 34.5 Å². The van der Waals surface area contributed by atoms with Crippen molar-refractivity contribution >= 4 is 33.3 Å². The molecule has 0 aliphatic rings. The molecule has 29 heavy (non-hydrogen) atoms. The van der Waals surface area contributed by atoms with Crippen LogP contribution in [-0.4, -0.2) is 25.5 Å². The highest BCUT2D eigenvalue weighted by atomic mass is 32.1. The van der Waals surface area contributed by atoms with E-state index in [4.69, 9.17) is 0 Å². The number of hydrogen-bond acceptors (Lipinski definition) is 6.